The molecule has 0 bridgehead atoms. The Kier molecular flexibility index (Phi) is 7.07. The second-order valence-electron chi connectivity index (χ2n) is 10.2. The summed E-state index contributed by atoms with van der Waals surface area (Å²) in [4.78, 5) is 7.48. The summed E-state index contributed by atoms with van der Waals surface area (Å²) in [5.41, 5.74) is 6.20. The van der Waals surface area contributed by atoms with Gasteiger partial charge in [0.2, 0.25) is 17.7 Å². The number of nitriles is 1. The van der Waals surface area contributed by atoms with E-state index < -0.39 is 0 Å². The van der Waals surface area contributed by atoms with Crippen molar-refractivity contribution in [3.05, 3.63) is 95.4 Å². The van der Waals surface area contributed by atoms with E-state index in [2.05, 4.69) is 73.5 Å². The first-order valence-corrected chi connectivity index (χ1v) is 13.5. The van der Waals surface area contributed by atoms with E-state index in [1.165, 1.54) is 5.56 Å². The van der Waals surface area contributed by atoms with Crippen LogP contribution < -0.4 is 5.32 Å². The molecule has 8 heteroatoms. The van der Waals surface area contributed by atoms with Crippen LogP contribution in [0.15, 0.2) is 77.2 Å². The monoisotopic (exact) mass is 517 g/mol. The van der Waals surface area contributed by atoms with Crippen LogP contribution in [0.3, 0.4) is 0 Å². The van der Waals surface area contributed by atoms with Crippen molar-refractivity contribution in [2.24, 2.45) is 0 Å². The summed E-state index contributed by atoms with van der Waals surface area (Å²) in [6.07, 6.45) is 3.17. The molecule has 6 rings (SSSR count). The molecule has 1 N–H and O–H groups in total. The number of nitrogens with one attached hydrogen (secondary N) is 1. The van der Waals surface area contributed by atoms with Crippen LogP contribution in [-0.4, -0.2) is 50.3 Å². The van der Waals surface area contributed by atoms with Gasteiger partial charge in [0, 0.05) is 38.2 Å². The van der Waals surface area contributed by atoms with Gasteiger partial charge in [-0.05, 0) is 66.8 Å². The largest absolute Gasteiger partial charge is 0.421 e. The Morgan fingerprint density at radius 2 is 1.69 bits per heavy atom. The van der Waals surface area contributed by atoms with Crippen molar-refractivity contribution in [2.75, 3.05) is 25.0 Å². The predicted octanol–water partition coefficient (Wildman–Crippen LogP) is 5.43. The maximum atomic E-state index is 9.13. The van der Waals surface area contributed by atoms with Crippen molar-refractivity contribution in [1.82, 2.24) is 24.6 Å². The highest BCUT2D eigenvalue weighted by Crippen LogP contribution is 2.24. The van der Waals surface area contributed by atoms with Gasteiger partial charge in [-0.1, -0.05) is 36.4 Å². The van der Waals surface area contributed by atoms with Gasteiger partial charge in [-0.25, -0.2) is 4.98 Å². The Bertz CT molecular complexity index is 1590. The van der Waals surface area contributed by atoms with Crippen molar-refractivity contribution < 1.29 is 4.42 Å². The number of benzene rings is 3. The van der Waals surface area contributed by atoms with Crippen LogP contribution in [0.25, 0.3) is 22.5 Å². The van der Waals surface area contributed by atoms with Crippen LogP contribution in [0.4, 0.5) is 5.95 Å². The molecule has 3 aromatic carbocycles. The lowest BCUT2D eigenvalue weighted by Gasteiger charge is -2.32. The smallest absolute Gasteiger partial charge is 0.247 e. The van der Waals surface area contributed by atoms with Gasteiger partial charge >= 0.3 is 0 Å². The number of aryl methyl sites for hydroxylation is 1. The van der Waals surface area contributed by atoms with Gasteiger partial charge in [-0.15, -0.1) is 10.2 Å². The molecule has 1 fully saturated rings. The standard InChI is InChI=1S/C31H31N7O/c1-22-35-36-30(39-22)26-12-10-23(11-13-26)14-17-37-18-15-27(16-19-37)33-31-34-28-4-2-3-5-29(28)38(31)21-25-8-6-24(20-32)7-9-25/h2-13,27H,14-19,21H2,1H3,(H,33,34). The van der Waals surface area contributed by atoms with Crippen molar-refractivity contribution >= 4 is 17.0 Å². The highest BCUT2D eigenvalue weighted by atomic mass is 16.4. The third-order valence-corrected chi connectivity index (χ3v) is 7.44. The molecular formula is C31H31N7O. The maximum Gasteiger partial charge on any atom is 0.247 e. The highest BCUT2D eigenvalue weighted by Gasteiger charge is 2.21. The van der Waals surface area contributed by atoms with E-state index in [0.717, 1.165) is 67.0 Å². The third-order valence-electron chi connectivity index (χ3n) is 7.44. The number of nitrogens with zero attached hydrogens (tertiary/aromatic N) is 6. The number of para-hydroxylation sites is 2. The zero-order valence-electron chi connectivity index (χ0n) is 22.0. The number of anilines is 1. The van der Waals surface area contributed by atoms with Crippen LogP contribution in [0.2, 0.25) is 0 Å². The Balaban J connectivity index is 1.05. The van der Waals surface area contributed by atoms with E-state index in [1.54, 1.807) is 6.92 Å². The molecule has 39 heavy (non-hydrogen) atoms. The second kappa shape index (κ2) is 11.1. The zero-order valence-corrected chi connectivity index (χ0v) is 22.0. The van der Waals surface area contributed by atoms with Gasteiger partial charge in [-0.2, -0.15) is 5.26 Å². The predicted molar refractivity (Wildman–Crippen MR) is 151 cm³/mol. The first kappa shape index (κ1) is 24.8. The van der Waals surface area contributed by atoms with Crippen molar-refractivity contribution in [2.45, 2.75) is 38.8 Å². The molecule has 2 aromatic heterocycles. The van der Waals surface area contributed by atoms with Gasteiger partial charge < -0.3 is 19.2 Å². The molecule has 0 atom stereocenters. The minimum absolute atomic E-state index is 0.384. The number of fused-ring (bicyclic) bond motifs is 1. The van der Waals surface area contributed by atoms with Gasteiger partial charge in [0.1, 0.15) is 0 Å². The molecule has 8 nitrogen and oxygen atoms in total. The van der Waals surface area contributed by atoms with Gasteiger partial charge in [0.05, 0.1) is 29.2 Å². The summed E-state index contributed by atoms with van der Waals surface area (Å²) in [6.45, 7) is 5.68. The van der Waals surface area contributed by atoms with Gasteiger partial charge in [0.15, 0.2) is 0 Å². The lowest BCUT2D eigenvalue weighted by Crippen LogP contribution is -2.40. The number of hydrogen-bond donors (Lipinski definition) is 1. The van der Waals surface area contributed by atoms with Crippen LogP contribution in [-0.2, 0) is 13.0 Å². The molecule has 1 aliphatic heterocycles. The molecule has 0 radical (unpaired) electrons. The fourth-order valence-corrected chi connectivity index (χ4v) is 5.21. The quantitative estimate of drug-likeness (QED) is 0.293. The molecule has 0 spiro atoms. The lowest BCUT2D eigenvalue weighted by atomic mass is 10.0. The average molecular weight is 518 g/mol. The highest BCUT2D eigenvalue weighted by molar-refractivity contribution is 5.78. The van der Waals surface area contributed by atoms with Crippen LogP contribution in [0.5, 0.6) is 0 Å². The van der Waals surface area contributed by atoms with Crippen LogP contribution in [0, 0.1) is 18.3 Å². The number of piperidine rings is 1. The fraction of sp³-hybridized carbons (Fsp3) is 0.290. The van der Waals surface area contributed by atoms with Crippen molar-refractivity contribution in [3.8, 4) is 17.5 Å². The van der Waals surface area contributed by atoms with Gasteiger partial charge in [-0.3, -0.25) is 0 Å². The minimum Gasteiger partial charge on any atom is -0.421 e. The topological polar surface area (TPSA) is 95.8 Å². The SMILES string of the molecule is Cc1nnc(-c2ccc(CCN3CCC(Nc4nc5ccccc5n4Cc4ccc(C#N)cc4)CC3)cc2)o1. The molecule has 196 valence electrons. The molecule has 1 aliphatic rings. The molecule has 0 aliphatic carbocycles. The fourth-order valence-electron chi connectivity index (χ4n) is 5.21. The first-order valence-electron chi connectivity index (χ1n) is 13.5. The Hall–Kier alpha value is -4.48. The minimum atomic E-state index is 0.384. The third kappa shape index (κ3) is 5.69. The molecule has 5 aromatic rings. The number of likely N-dealkylation sites (tertiary alicyclic amines) is 1. The second-order valence-corrected chi connectivity index (χ2v) is 10.2. The molecule has 1 saturated heterocycles. The molecule has 0 unspecified atom stereocenters. The molecular weight excluding hydrogens is 486 g/mol. The Morgan fingerprint density at radius 3 is 2.41 bits per heavy atom. The normalized spacial score (nSPS) is 14.5. The Morgan fingerprint density at radius 1 is 0.949 bits per heavy atom. The number of imidazole rings is 1. The van der Waals surface area contributed by atoms with E-state index in [4.69, 9.17) is 14.7 Å². The molecule has 0 amide bonds. The van der Waals surface area contributed by atoms with E-state index in [0.29, 0.717) is 29.9 Å². The molecule has 3 heterocycles. The van der Waals surface area contributed by atoms with E-state index in [1.807, 2.05) is 30.3 Å². The number of hydrogen-bond acceptors (Lipinski definition) is 7. The van der Waals surface area contributed by atoms with Crippen molar-refractivity contribution in [3.63, 3.8) is 0 Å². The summed E-state index contributed by atoms with van der Waals surface area (Å²) in [5, 5.41) is 20.9. The van der Waals surface area contributed by atoms with E-state index >= 15 is 0 Å². The van der Waals surface area contributed by atoms with Crippen molar-refractivity contribution in [1.29, 1.82) is 5.26 Å². The Labute approximate surface area is 227 Å². The van der Waals surface area contributed by atoms with Crippen LogP contribution in [0.1, 0.15) is 35.4 Å². The number of aromatic nitrogens is 4. The summed E-state index contributed by atoms with van der Waals surface area (Å²) >= 11 is 0. The van der Waals surface area contributed by atoms with E-state index in [-0.39, 0.29) is 0 Å². The zero-order chi connectivity index (χ0) is 26.6. The first-order chi connectivity index (χ1) is 19.1. The average Bonchev–Trinajstić information content (AvgIpc) is 3.56. The summed E-state index contributed by atoms with van der Waals surface area (Å²) in [6, 6.07) is 27.1. The maximum absolute atomic E-state index is 9.13. The lowest BCUT2D eigenvalue weighted by molar-refractivity contribution is 0.221. The summed E-state index contributed by atoms with van der Waals surface area (Å²) < 4.78 is 7.78. The van der Waals surface area contributed by atoms with Gasteiger partial charge in [0.25, 0.3) is 0 Å². The molecule has 0 saturated carbocycles. The van der Waals surface area contributed by atoms with Crippen LogP contribution >= 0.6 is 0 Å². The summed E-state index contributed by atoms with van der Waals surface area (Å²) in [7, 11) is 0. The van der Waals surface area contributed by atoms with E-state index in [9.17, 15) is 0 Å². The summed E-state index contributed by atoms with van der Waals surface area (Å²) in [5.74, 6) is 2.06. The number of rotatable bonds is 8.